The molecule has 0 unspecified atom stereocenters. The molecule has 0 saturated carbocycles. The molecule has 33 heavy (non-hydrogen) atoms. The van der Waals surface area contributed by atoms with Gasteiger partial charge in [-0.2, -0.15) is 0 Å². The van der Waals surface area contributed by atoms with E-state index in [0.29, 0.717) is 22.5 Å². The highest BCUT2D eigenvalue weighted by Gasteiger charge is 2.27. The number of ether oxygens (including phenoxy) is 1. The molecule has 1 aromatic heterocycles. The number of aromatic nitrogens is 1. The number of aromatic amines is 1. The van der Waals surface area contributed by atoms with Gasteiger partial charge in [0.1, 0.15) is 16.5 Å². The van der Waals surface area contributed by atoms with Crippen molar-refractivity contribution in [2.75, 3.05) is 19.0 Å². The minimum absolute atomic E-state index is 0.0157. The molecule has 0 aliphatic carbocycles. The van der Waals surface area contributed by atoms with Gasteiger partial charge in [0.2, 0.25) is 15.7 Å². The van der Waals surface area contributed by atoms with Crippen molar-refractivity contribution in [1.82, 2.24) is 10.3 Å². The van der Waals surface area contributed by atoms with Gasteiger partial charge in [-0.3, -0.25) is 4.79 Å². The number of fused-ring (bicyclic) bond motifs is 1. The van der Waals surface area contributed by atoms with Crippen LogP contribution in [0.25, 0.3) is 10.9 Å². The minimum atomic E-state index is -3.93. The second-order valence-electron chi connectivity index (χ2n) is 7.34. The molecule has 9 heteroatoms. The van der Waals surface area contributed by atoms with Gasteiger partial charge in [-0.05, 0) is 48.0 Å². The van der Waals surface area contributed by atoms with E-state index in [0.717, 1.165) is 11.3 Å². The molecule has 0 aliphatic rings. The van der Waals surface area contributed by atoms with E-state index in [2.05, 4.69) is 15.6 Å². The van der Waals surface area contributed by atoms with Crippen LogP contribution in [0.3, 0.4) is 0 Å². The van der Waals surface area contributed by atoms with E-state index in [4.69, 9.17) is 16.3 Å². The maximum Gasteiger partial charge on any atom is 0.239 e. The summed E-state index contributed by atoms with van der Waals surface area (Å²) in [5.41, 5.74) is 1.50. The van der Waals surface area contributed by atoms with Gasteiger partial charge in [-0.15, -0.1) is 0 Å². The Labute approximate surface area is 196 Å². The number of carbonyl (C=O) groups is 1. The summed E-state index contributed by atoms with van der Waals surface area (Å²) < 4.78 is 32.1. The van der Waals surface area contributed by atoms with Gasteiger partial charge in [0, 0.05) is 22.5 Å². The Bertz CT molecular complexity index is 1400. The van der Waals surface area contributed by atoms with E-state index < -0.39 is 9.84 Å². The molecule has 0 saturated heterocycles. The molecule has 0 radical (unpaired) electrons. The summed E-state index contributed by atoms with van der Waals surface area (Å²) in [5, 5.41) is 6.55. The largest absolute Gasteiger partial charge is 0.497 e. The van der Waals surface area contributed by atoms with E-state index in [1.165, 1.54) is 12.1 Å². The second-order valence-corrected chi connectivity index (χ2v) is 9.66. The Morgan fingerprint density at radius 2 is 1.82 bits per heavy atom. The predicted molar refractivity (Wildman–Crippen MR) is 129 cm³/mol. The van der Waals surface area contributed by atoms with Crippen LogP contribution in [0.4, 0.5) is 5.82 Å². The normalized spacial score (nSPS) is 11.5. The number of amides is 1. The van der Waals surface area contributed by atoms with Gasteiger partial charge in [-0.1, -0.05) is 41.9 Å². The lowest BCUT2D eigenvalue weighted by Crippen LogP contribution is -2.28. The molecule has 0 fully saturated rings. The van der Waals surface area contributed by atoms with Gasteiger partial charge >= 0.3 is 0 Å². The number of anilines is 1. The summed E-state index contributed by atoms with van der Waals surface area (Å²) in [6, 6.07) is 20.5. The first-order valence-electron chi connectivity index (χ1n) is 10.1. The van der Waals surface area contributed by atoms with Gasteiger partial charge in [0.05, 0.1) is 18.6 Å². The molecule has 4 rings (SSSR count). The topological polar surface area (TPSA) is 100 Å². The third kappa shape index (κ3) is 5.03. The van der Waals surface area contributed by atoms with E-state index in [1.54, 1.807) is 43.5 Å². The van der Waals surface area contributed by atoms with Crippen LogP contribution in [0.1, 0.15) is 5.56 Å². The fourth-order valence-corrected chi connectivity index (χ4v) is 5.26. The van der Waals surface area contributed by atoms with Gasteiger partial charge in [-0.25, -0.2) is 8.42 Å². The Balaban J connectivity index is 1.58. The van der Waals surface area contributed by atoms with E-state index in [1.807, 2.05) is 24.3 Å². The summed E-state index contributed by atoms with van der Waals surface area (Å²) in [4.78, 5) is 15.8. The number of benzene rings is 3. The molecule has 7 nitrogen and oxygen atoms in total. The lowest BCUT2D eigenvalue weighted by atomic mass is 10.2. The molecular formula is C24H22ClN3O4S. The summed E-state index contributed by atoms with van der Waals surface area (Å²) in [6.07, 6.45) is 0. The average molecular weight is 484 g/mol. The molecule has 0 atom stereocenters. The van der Waals surface area contributed by atoms with Crippen molar-refractivity contribution in [1.29, 1.82) is 0 Å². The first-order valence-corrected chi connectivity index (χ1v) is 12.0. The van der Waals surface area contributed by atoms with Crippen molar-refractivity contribution in [2.24, 2.45) is 0 Å². The quantitative estimate of drug-likeness (QED) is 0.345. The van der Waals surface area contributed by atoms with Crippen molar-refractivity contribution in [3.8, 4) is 5.75 Å². The van der Waals surface area contributed by atoms with Crippen LogP contribution in [-0.2, 0) is 21.2 Å². The highest BCUT2D eigenvalue weighted by Crippen LogP contribution is 2.36. The minimum Gasteiger partial charge on any atom is -0.497 e. The molecule has 0 aliphatic heterocycles. The lowest BCUT2D eigenvalue weighted by Gasteiger charge is -2.10. The van der Waals surface area contributed by atoms with Crippen molar-refractivity contribution in [3.05, 3.63) is 83.4 Å². The molecule has 1 amide bonds. The Morgan fingerprint density at radius 3 is 2.58 bits per heavy atom. The zero-order valence-electron chi connectivity index (χ0n) is 17.8. The number of hydrogen-bond donors (Lipinski definition) is 3. The molecule has 0 spiro atoms. The fourth-order valence-electron chi connectivity index (χ4n) is 3.51. The first kappa shape index (κ1) is 22.8. The lowest BCUT2D eigenvalue weighted by molar-refractivity contribution is -0.115. The molecule has 170 valence electrons. The van der Waals surface area contributed by atoms with Crippen LogP contribution in [0.5, 0.6) is 5.75 Å². The summed E-state index contributed by atoms with van der Waals surface area (Å²) in [6.45, 7) is 0.431. The van der Waals surface area contributed by atoms with Crippen molar-refractivity contribution in [2.45, 2.75) is 16.3 Å². The number of halogens is 1. The zero-order valence-corrected chi connectivity index (χ0v) is 19.3. The highest BCUT2D eigenvalue weighted by atomic mass is 35.5. The van der Waals surface area contributed by atoms with Crippen LogP contribution in [0, 0.1) is 0 Å². The fraction of sp³-hybridized carbons (Fsp3) is 0.125. The Kier molecular flexibility index (Phi) is 6.69. The smallest absolute Gasteiger partial charge is 0.239 e. The number of methoxy groups -OCH3 is 1. The number of carbonyl (C=O) groups excluding carboxylic acids is 1. The molecule has 3 aromatic carbocycles. The van der Waals surface area contributed by atoms with Gasteiger partial charge in [0.15, 0.2) is 0 Å². The Morgan fingerprint density at radius 1 is 1.03 bits per heavy atom. The number of sulfone groups is 1. The number of H-pyrrole nitrogens is 1. The molecule has 4 aromatic rings. The van der Waals surface area contributed by atoms with E-state index in [9.17, 15) is 13.2 Å². The van der Waals surface area contributed by atoms with Crippen LogP contribution in [0.2, 0.25) is 5.02 Å². The first-order chi connectivity index (χ1) is 15.9. The number of rotatable bonds is 8. The number of hydrogen-bond acceptors (Lipinski definition) is 5. The zero-order chi connectivity index (χ0) is 23.4. The van der Waals surface area contributed by atoms with Crippen LogP contribution in [-0.4, -0.2) is 33.0 Å². The molecule has 1 heterocycles. The van der Waals surface area contributed by atoms with Crippen LogP contribution < -0.4 is 15.4 Å². The highest BCUT2D eigenvalue weighted by molar-refractivity contribution is 7.92. The van der Waals surface area contributed by atoms with Gasteiger partial charge < -0.3 is 20.4 Å². The standard InChI is InChI=1S/C24H22ClN3O4S/c1-32-18-7-5-6-16(12-18)14-26-15-22(29)28-24-23(20-13-17(25)10-11-21(20)27-24)33(30,31)19-8-3-2-4-9-19/h2-13,26-27H,14-15H2,1H3,(H,28,29). The maximum atomic E-state index is 13.4. The van der Waals surface area contributed by atoms with Crippen molar-refractivity contribution < 1.29 is 17.9 Å². The Hall–Kier alpha value is -3.33. The SMILES string of the molecule is COc1cccc(CNCC(=O)Nc2[nH]c3ccc(Cl)cc3c2S(=O)(=O)c2ccccc2)c1. The van der Waals surface area contributed by atoms with Crippen molar-refractivity contribution >= 4 is 44.1 Å². The average Bonchev–Trinajstić information content (AvgIpc) is 3.17. The third-order valence-corrected chi connectivity index (χ3v) is 7.14. The summed E-state index contributed by atoms with van der Waals surface area (Å²) in [5.74, 6) is 0.440. The summed E-state index contributed by atoms with van der Waals surface area (Å²) >= 11 is 6.14. The van der Waals surface area contributed by atoms with E-state index >= 15 is 0 Å². The van der Waals surface area contributed by atoms with Crippen LogP contribution in [0.15, 0.2) is 82.6 Å². The molecular weight excluding hydrogens is 462 g/mol. The maximum absolute atomic E-state index is 13.4. The predicted octanol–water partition coefficient (Wildman–Crippen LogP) is 4.39. The van der Waals surface area contributed by atoms with E-state index in [-0.39, 0.29) is 28.1 Å². The van der Waals surface area contributed by atoms with Crippen molar-refractivity contribution in [3.63, 3.8) is 0 Å². The summed E-state index contributed by atoms with van der Waals surface area (Å²) in [7, 11) is -2.33. The van der Waals surface area contributed by atoms with Gasteiger partial charge in [0.25, 0.3) is 0 Å². The number of nitrogens with one attached hydrogen (secondary N) is 3. The van der Waals surface area contributed by atoms with Crippen LogP contribution >= 0.6 is 11.6 Å². The third-order valence-electron chi connectivity index (χ3n) is 5.05. The second kappa shape index (κ2) is 9.66. The molecule has 0 bridgehead atoms. The molecule has 3 N–H and O–H groups in total. The monoisotopic (exact) mass is 483 g/mol.